The SMILES string of the molecule is CCOC(=O)CCCN1CCC(OC(c2ccccc2)c2ccc(C)cc2)CC1. The molecule has 2 aromatic carbocycles. The van der Waals surface area contributed by atoms with E-state index in [0.29, 0.717) is 13.0 Å². The number of rotatable bonds is 9. The van der Waals surface area contributed by atoms with E-state index in [4.69, 9.17) is 9.47 Å². The lowest BCUT2D eigenvalue weighted by atomic mass is 9.99. The van der Waals surface area contributed by atoms with Crippen LogP contribution in [0.2, 0.25) is 0 Å². The molecule has 156 valence electrons. The number of carbonyl (C=O) groups excluding carboxylic acids is 1. The topological polar surface area (TPSA) is 38.8 Å². The van der Waals surface area contributed by atoms with E-state index in [9.17, 15) is 4.79 Å². The molecule has 3 rings (SSSR count). The molecule has 1 saturated heterocycles. The largest absolute Gasteiger partial charge is 0.466 e. The van der Waals surface area contributed by atoms with Gasteiger partial charge in [0.25, 0.3) is 0 Å². The highest BCUT2D eigenvalue weighted by Gasteiger charge is 2.24. The van der Waals surface area contributed by atoms with Crippen molar-refractivity contribution in [2.75, 3.05) is 26.2 Å². The molecule has 0 N–H and O–H groups in total. The van der Waals surface area contributed by atoms with Crippen LogP contribution in [-0.2, 0) is 14.3 Å². The van der Waals surface area contributed by atoms with Crippen molar-refractivity contribution in [3.05, 3.63) is 71.3 Å². The fourth-order valence-electron chi connectivity index (χ4n) is 3.86. The molecule has 0 aromatic heterocycles. The zero-order chi connectivity index (χ0) is 20.5. The van der Waals surface area contributed by atoms with E-state index in [1.807, 2.05) is 13.0 Å². The first-order valence-electron chi connectivity index (χ1n) is 10.8. The third kappa shape index (κ3) is 6.69. The van der Waals surface area contributed by atoms with Crippen LogP contribution in [0, 0.1) is 6.92 Å². The quantitative estimate of drug-likeness (QED) is 0.566. The second-order valence-electron chi connectivity index (χ2n) is 7.79. The maximum Gasteiger partial charge on any atom is 0.305 e. The van der Waals surface area contributed by atoms with E-state index in [1.54, 1.807) is 0 Å². The summed E-state index contributed by atoms with van der Waals surface area (Å²) in [6, 6.07) is 19.2. The maximum absolute atomic E-state index is 11.5. The zero-order valence-corrected chi connectivity index (χ0v) is 17.7. The molecular weight excluding hydrogens is 362 g/mol. The minimum Gasteiger partial charge on any atom is -0.466 e. The lowest BCUT2D eigenvalue weighted by molar-refractivity contribution is -0.143. The summed E-state index contributed by atoms with van der Waals surface area (Å²) in [6.07, 6.45) is 3.64. The molecule has 2 aromatic rings. The van der Waals surface area contributed by atoms with Crippen molar-refractivity contribution in [2.24, 2.45) is 0 Å². The molecule has 1 unspecified atom stereocenters. The molecule has 0 saturated carbocycles. The Kier molecular flexibility index (Phi) is 8.26. The van der Waals surface area contributed by atoms with Crippen LogP contribution in [0.5, 0.6) is 0 Å². The van der Waals surface area contributed by atoms with Crippen molar-refractivity contribution in [3.63, 3.8) is 0 Å². The van der Waals surface area contributed by atoms with Gasteiger partial charge >= 0.3 is 5.97 Å². The average molecular weight is 396 g/mol. The van der Waals surface area contributed by atoms with Gasteiger partial charge in [0.15, 0.2) is 0 Å². The first-order valence-corrected chi connectivity index (χ1v) is 10.8. The molecule has 1 heterocycles. The summed E-state index contributed by atoms with van der Waals surface area (Å²) < 4.78 is 11.6. The summed E-state index contributed by atoms with van der Waals surface area (Å²) in [4.78, 5) is 13.9. The number of benzene rings is 2. The minimum atomic E-state index is -0.0884. The van der Waals surface area contributed by atoms with Crippen molar-refractivity contribution in [1.29, 1.82) is 0 Å². The number of likely N-dealkylation sites (tertiary alicyclic amines) is 1. The normalized spacial score (nSPS) is 16.5. The molecule has 0 aliphatic carbocycles. The number of carbonyl (C=O) groups is 1. The minimum absolute atomic E-state index is 0.0304. The van der Waals surface area contributed by atoms with Crippen LogP contribution in [0.4, 0.5) is 0 Å². The van der Waals surface area contributed by atoms with E-state index in [2.05, 4.69) is 60.4 Å². The van der Waals surface area contributed by atoms with Gasteiger partial charge in [-0.2, -0.15) is 0 Å². The molecule has 0 spiro atoms. The summed E-state index contributed by atoms with van der Waals surface area (Å²) in [7, 11) is 0. The predicted molar refractivity (Wildman–Crippen MR) is 116 cm³/mol. The summed E-state index contributed by atoms with van der Waals surface area (Å²) in [6.45, 7) is 7.41. The van der Waals surface area contributed by atoms with Crippen LogP contribution < -0.4 is 0 Å². The zero-order valence-electron chi connectivity index (χ0n) is 17.7. The van der Waals surface area contributed by atoms with Gasteiger partial charge in [-0.05, 0) is 50.8 Å². The average Bonchev–Trinajstić information content (AvgIpc) is 2.75. The smallest absolute Gasteiger partial charge is 0.305 e. The molecule has 4 nitrogen and oxygen atoms in total. The van der Waals surface area contributed by atoms with Gasteiger partial charge in [-0.25, -0.2) is 0 Å². The monoisotopic (exact) mass is 395 g/mol. The lowest BCUT2D eigenvalue weighted by Crippen LogP contribution is -2.38. The van der Waals surface area contributed by atoms with E-state index >= 15 is 0 Å². The maximum atomic E-state index is 11.5. The highest BCUT2D eigenvalue weighted by Crippen LogP contribution is 2.30. The second kappa shape index (κ2) is 11.1. The summed E-state index contributed by atoms with van der Waals surface area (Å²) in [5.74, 6) is -0.0884. The van der Waals surface area contributed by atoms with Gasteiger partial charge in [-0.15, -0.1) is 0 Å². The van der Waals surface area contributed by atoms with Crippen LogP contribution >= 0.6 is 0 Å². The Labute approximate surface area is 174 Å². The van der Waals surface area contributed by atoms with Gasteiger partial charge in [0.1, 0.15) is 6.10 Å². The molecule has 4 heteroatoms. The fourth-order valence-corrected chi connectivity index (χ4v) is 3.86. The number of aryl methyl sites for hydroxylation is 1. The molecule has 1 aliphatic heterocycles. The van der Waals surface area contributed by atoms with Crippen molar-refractivity contribution in [3.8, 4) is 0 Å². The van der Waals surface area contributed by atoms with E-state index in [1.165, 1.54) is 16.7 Å². The molecule has 1 atom stereocenters. The Bertz CT molecular complexity index is 736. The highest BCUT2D eigenvalue weighted by molar-refractivity contribution is 5.69. The van der Waals surface area contributed by atoms with Crippen LogP contribution in [0.1, 0.15) is 55.4 Å². The number of hydrogen-bond acceptors (Lipinski definition) is 4. The Hall–Kier alpha value is -2.17. The highest BCUT2D eigenvalue weighted by atomic mass is 16.5. The molecule has 0 amide bonds. The third-order valence-corrected chi connectivity index (χ3v) is 5.51. The Morgan fingerprint density at radius 2 is 1.69 bits per heavy atom. The van der Waals surface area contributed by atoms with Crippen LogP contribution in [0.25, 0.3) is 0 Å². The molecule has 1 aliphatic rings. The van der Waals surface area contributed by atoms with Gasteiger partial charge in [-0.1, -0.05) is 60.2 Å². The second-order valence-corrected chi connectivity index (χ2v) is 7.79. The van der Waals surface area contributed by atoms with Crippen LogP contribution in [0.15, 0.2) is 54.6 Å². The van der Waals surface area contributed by atoms with Gasteiger partial charge in [0.2, 0.25) is 0 Å². The third-order valence-electron chi connectivity index (χ3n) is 5.51. The van der Waals surface area contributed by atoms with Gasteiger partial charge in [-0.3, -0.25) is 4.79 Å². The number of nitrogens with zero attached hydrogens (tertiary/aromatic N) is 1. The number of piperidine rings is 1. The van der Waals surface area contributed by atoms with Crippen molar-refractivity contribution in [2.45, 2.75) is 51.7 Å². The van der Waals surface area contributed by atoms with Crippen LogP contribution in [-0.4, -0.2) is 43.2 Å². The van der Waals surface area contributed by atoms with E-state index in [-0.39, 0.29) is 18.2 Å². The predicted octanol–water partition coefficient (Wildman–Crippen LogP) is 4.91. The van der Waals surface area contributed by atoms with Crippen molar-refractivity contribution < 1.29 is 14.3 Å². The molecule has 0 bridgehead atoms. The van der Waals surface area contributed by atoms with Crippen molar-refractivity contribution >= 4 is 5.97 Å². The number of hydrogen-bond donors (Lipinski definition) is 0. The standard InChI is InChI=1S/C25H33NO3/c1-3-28-24(27)10-7-17-26-18-15-23(16-19-26)29-25(21-8-5-4-6-9-21)22-13-11-20(2)12-14-22/h4-6,8-9,11-14,23,25H,3,7,10,15-19H2,1-2H3. The van der Waals surface area contributed by atoms with Gasteiger partial charge in [0.05, 0.1) is 12.7 Å². The first-order chi connectivity index (χ1) is 14.2. The van der Waals surface area contributed by atoms with Crippen molar-refractivity contribution in [1.82, 2.24) is 4.90 Å². The molecular formula is C25H33NO3. The van der Waals surface area contributed by atoms with E-state index in [0.717, 1.165) is 38.9 Å². The summed E-state index contributed by atoms with van der Waals surface area (Å²) in [5.41, 5.74) is 3.67. The number of ether oxygens (including phenoxy) is 2. The Balaban J connectivity index is 1.53. The van der Waals surface area contributed by atoms with Crippen LogP contribution in [0.3, 0.4) is 0 Å². The fraction of sp³-hybridized carbons (Fsp3) is 0.480. The Morgan fingerprint density at radius 1 is 1.03 bits per heavy atom. The summed E-state index contributed by atoms with van der Waals surface area (Å²) >= 11 is 0. The molecule has 29 heavy (non-hydrogen) atoms. The number of esters is 1. The van der Waals surface area contributed by atoms with E-state index < -0.39 is 0 Å². The molecule has 1 fully saturated rings. The van der Waals surface area contributed by atoms with Gasteiger partial charge < -0.3 is 14.4 Å². The summed E-state index contributed by atoms with van der Waals surface area (Å²) in [5, 5.41) is 0. The lowest BCUT2D eigenvalue weighted by Gasteiger charge is -2.34. The van der Waals surface area contributed by atoms with Gasteiger partial charge in [0, 0.05) is 19.5 Å². The first kappa shape index (κ1) is 21.5. The molecule has 0 radical (unpaired) electrons. The Morgan fingerprint density at radius 3 is 2.34 bits per heavy atom.